The van der Waals surface area contributed by atoms with Gasteiger partial charge in [0.2, 0.25) is 0 Å². The van der Waals surface area contributed by atoms with Crippen molar-refractivity contribution in [1.29, 1.82) is 0 Å². The van der Waals surface area contributed by atoms with Gasteiger partial charge in [0.1, 0.15) is 5.75 Å². The van der Waals surface area contributed by atoms with Gasteiger partial charge in [-0.05, 0) is 48.8 Å². The number of hydrogen-bond acceptors (Lipinski definition) is 1. The maximum absolute atomic E-state index is 5.42. The maximum atomic E-state index is 5.42. The second kappa shape index (κ2) is 4.69. The highest BCUT2D eigenvalue weighted by Crippen LogP contribution is 2.47. The molecule has 1 heteroatoms. The van der Waals surface area contributed by atoms with Crippen LogP contribution in [0, 0.1) is 12.0 Å². The van der Waals surface area contributed by atoms with Crippen molar-refractivity contribution in [1.82, 2.24) is 0 Å². The predicted molar refractivity (Wildman–Crippen MR) is 62.2 cm³/mol. The van der Waals surface area contributed by atoms with E-state index in [1.54, 1.807) is 7.11 Å². The lowest BCUT2D eigenvalue weighted by Gasteiger charge is -2.18. The van der Waals surface area contributed by atoms with E-state index < -0.39 is 0 Å². The minimum Gasteiger partial charge on any atom is -0.496 e. The monoisotopic (exact) mass is 203 g/mol. The third kappa shape index (κ3) is 2.34. The molecule has 1 aliphatic rings. The molecule has 0 heterocycles. The molecule has 1 nitrogen and oxygen atoms in total. The molecular formula is C14H19O. The molecule has 1 aromatic carbocycles. The Morgan fingerprint density at radius 1 is 1.53 bits per heavy atom. The van der Waals surface area contributed by atoms with Crippen LogP contribution in [0.25, 0.3) is 0 Å². The number of hydrogen-bond donors (Lipinski definition) is 0. The second-order valence-electron chi connectivity index (χ2n) is 4.40. The summed E-state index contributed by atoms with van der Waals surface area (Å²) < 4.78 is 5.42. The van der Waals surface area contributed by atoms with Crippen molar-refractivity contribution in [2.75, 3.05) is 7.11 Å². The Bertz CT molecular complexity index is 315. The zero-order valence-corrected chi connectivity index (χ0v) is 9.62. The number of benzene rings is 1. The van der Waals surface area contributed by atoms with Crippen LogP contribution >= 0.6 is 0 Å². The molecule has 1 unspecified atom stereocenters. The van der Waals surface area contributed by atoms with Crippen LogP contribution < -0.4 is 4.74 Å². The molecule has 1 saturated carbocycles. The topological polar surface area (TPSA) is 9.23 Å². The molecule has 0 aromatic heterocycles. The molecule has 81 valence electrons. The zero-order chi connectivity index (χ0) is 10.7. The fraction of sp³-hybridized carbons (Fsp3) is 0.571. The Hall–Kier alpha value is -0.980. The highest BCUT2D eigenvalue weighted by molar-refractivity contribution is 5.36. The Morgan fingerprint density at radius 3 is 2.93 bits per heavy atom. The van der Waals surface area contributed by atoms with Gasteiger partial charge >= 0.3 is 0 Å². The molecule has 1 atom stereocenters. The number of methoxy groups -OCH3 is 1. The quantitative estimate of drug-likeness (QED) is 0.707. The van der Waals surface area contributed by atoms with Crippen LogP contribution in [-0.4, -0.2) is 7.11 Å². The normalized spacial score (nSPS) is 17.5. The van der Waals surface area contributed by atoms with Crippen molar-refractivity contribution in [2.24, 2.45) is 5.92 Å². The minimum atomic E-state index is 0.708. The van der Waals surface area contributed by atoms with Crippen LogP contribution in [0.3, 0.4) is 0 Å². The molecule has 0 N–H and O–H groups in total. The van der Waals surface area contributed by atoms with Crippen LogP contribution in [0.1, 0.15) is 44.1 Å². The summed E-state index contributed by atoms with van der Waals surface area (Å²) in [6.07, 6.45) is 5.33. The maximum Gasteiger partial charge on any atom is 0.122 e. The molecule has 0 amide bonds. The van der Waals surface area contributed by atoms with Gasteiger partial charge in [-0.25, -0.2) is 0 Å². The lowest BCUT2D eigenvalue weighted by atomic mass is 9.89. The van der Waals surface area contributed by atoms with Crippen molar-refractivity contribution in [3.05, 3.63) is 29.8 Å². The molecule has 1 aromatic rings. The number of ether oxygens (including phenoxy) is 1. The van der Waals surface area contributed by atoms with Crippen LogP contribution in [0.2, 0.25) is 0 Å². The summed E-state index contributed by atoms with van der Waals surface area (Å²) in [7, 11) is 1.75. The van der Waals surface area contributed by atoms with Crippen LogP contribution in [0.15, 0.2) is 18.2 Å². The second-order valence-corrected chi connectivity index (χ2v) is 4.40. The third-order valence-electron chi connectivity index (χ3n) is 3.27. The summed E-state index contributed by atoms with van der Waals surface area (Å²) in [5.74, 6) is 2.63. The first-order valence-electron chi connectivity index (χ1n) is 5.90. The highest BCUT2D eigenvalue weighted by Gasteiger charge is 2.32. The minimum absolute atomic E-state index is 0.708. The van der Waals surface area contributed by atoms with Gasteiger partial charge in [-0.2, -0.15) is 0 Å². The summed E-state index contributed by atoms with van der Waals surface area (Å²) in [5.41, 5.74) is 1.39. The van der Waals surface area contributed by atoms with Crippen molar-refractivity contribution in [3.63, 3.8) is 0 Å². The smallest absolute Gasteiger partial charge is 0.122 e. The Kier molecular flexibility index (Phi) is 3.30. The van der Waals surface area contributed by atoms with E-state index in [0.717, 1.165) is 11.7 Å². The van der Waals surface area contributed by atoms with Gasteiger partial charge in [0, 0.05) is 0 Å². The van der Waals surface area contributed by atoms with Crippen LogP contribution in [0.4, 0.5) is 0 Å². The third-order valence-corrected chi connectivity index (χ3v) is 3.27. The first-order valence-corrected chi connectivity index (χ1v) is 5.90. The summed E-state index contributed by atoms with van der Waals surface area (Å²) >= 11 is 0. The van der Waals surface area contributed by atoms with Crippen molar-refractivity contribution >= 4 is 0 Å². The van der Waals surface area contributed by atoms with E-state index in [9.17, 15) is 0 Å². The van der Waals surface area contributed by atoms with Gasteiger partial charge in [0.25, 0.3) is 0 Å². The summed E-state index contributed by atoms with van der Waals surface area (Å²) in [6, 6.07) is 9.22. The van der Waals surface area contributed by atoms with Gasteiger partial charge < -0.3 is 4.74 Å². The van der Waals surface area contributed by atoms with E-state index in [2.05, 4.69) is 19.1 Å². The van der Waals surface area contributed by atoms with Crippen LogP contribution in [-0.2, 0) is 0 Å². The van der Waals surface area contributed by atoms with Gasteiger partial charge in [0.15, 0.2) is 0 Å². The van der Waals surface area contributed by atoms with Crippen LogP contribution in [0.5, 0.6) is 5.75 Å². The molecule has 1 aliphatic carbocycles. The summed E-state index contributed by atoms with van der Waals surface area (Å²) in [4.78, 5) is 0. The fourth-order valence-corrected chi connectivity index (χ4v) is 2.36. The van der Waals surface area contributed by atoms with E-state index in [0.29, 0.717) is 5.92 Å². The van der Waals surface area contributed by atoms with E-state index in [1.165, 1.54) is 31.2 Å². The van der Waals surface area contributed by atoms with E-state index in [-0.39, 0.29) is 0 Å². The molecule has 0 spiro atoms. The Balaban J connectivity index is 2.23. The SMILES string of the molecule is CCCC(c1cc[c]cc1OC)C1CC1. The molecule has 15 heavy (non-hydrogen) atoms. The fourth-order valence-electron chi connectivity index (χ4n) is 2.36. The first kappa shape index (κ1) is 10.5. The lowest BCUT2D eigenvalue weighted by Crippen LogP contribution is -2.03. The molecule has 2 rings (SSSR count). The summed E-state index contributed by atoms with van der Waals surface area (Å²) in [5, 5.41) is 0. The van der Waals surface area contributed by atoms with Gasteiger partial charge in [-0.15, -0.1) is 0 Å². The van der Waals surface area contributed by atoms with Crippen molar-refractivity contribution in [2.45, 2.75) is 38.5 Å². The predicted octanol–water partition coefficient (Wildman–Crippen LogP) is 3.79. The zero-order valence-electron chi connectivity index (χ0n) is 9.62. The van der Waals surface area contributed by atoms with Gasteiger partial charge in [-0.1, -0.05) is 25.5 Å². The largest absolute Gasteiger partial charge is 0.496 e. The number of rotatable bonds is 5. The standard InChI is InChI=1S/C14H19O/c1-3-6-12(11-9-10-11)13-7-4-5-8-14(13)15-2/h4,7-8,11-12H,3,6,9-10H2,1-2H3. The van der Waals surface area contributed by atoms with E-state index in [4.69, 9.17) is 4.74 Å². The Labute approximate surface area is 92.5 Å². The molecule has 1 radical (unpaired) electrons. The highest BCUT2D eigenvalue weighted by atomic mass is 16.5. The van der Waals surface area contributed by atoms with E-state index >= 15 is 0 Å². The molecule has 0 bridgehead atoms. The Morgan fingerprint density at radius 2 is 2.33 bits per heavy atom. The lowest BCUT2D eigenvalue weighted by molar-refractivity contribution is 0.399. The molecule has 1 fully saturated rings. The average Bonchev–Trinajstić information content (AvgIpc) is 3.10. The average molecular weight is 203 g/mol. The van der Waals surface area contributed by atoms with Gasteiger partial charge in [-0.3, -0.25) is 0 Å². The van der Waals surface area contributed by atoms with Crippen molar-refractivity contribution in [3.8, 4) is 5.75 Å². The molecule has 0 saturated heterocycles. The first-order chi connectivity index (χ1) is 7.36. The van der Waals surface area contributed by atoms with E-state index in [1.807, 2.05) is 12.1 Å². The molecule has 0 aliphatic heterocycles. The molecular weight excluding hydrogens is 184 g/mol. The summed E-state index contributed by atoms with van der Waals surface area (Å²) in [6.45, 7) is 2.26. The van der Waals surface area contributed by atoms with Gasteiger partial charge in [0.05, 0.1) is 7.11 Å². The van der Waals surface area contributed by atoms with Crippen molar-refractivity contribution < 1.29 is 4.74 Å².